The predicted octanol–water partition coefficient (Wildman–Crippen LogP) is -0.278. The van der Waals surface area contributed by atoms with E-state index in [2.05, 4.69) is 15.2 Å². The minimum Gasteiger partial charge on any atom is -0.461 e. The highest BCUT2D eigenvalue weighted by atomic mass is 32.2. The van der Waals surface area contributed by atoms with Crippen LogP contribution >= 0.6 is 11.8 Å². The van der Waals surface area contributed by atoms with Crippen LogP contribution in [-0.2, 0) is 11.8 Å². The molecule has 0 aromatic carbocycles. The molecule has 0 spiro atoms. The summed E-state index contributed by atoms with van der Waals surface area (Å²) in [6.07, 6.45) is 1.79. The second-order valence-electron chi connectivity index (χ2n) is 3.31. The first kappa shape index (κ1) is 12.6. The molecule has 0 saturated heterocycles. The SMILES string of the molecule is CCOC(=O)c1nn(C)c2nc(SC)nn2c1=O. The Kier molecular flexibility index (Phi) is 3.32. The van der Waals surface area contributed by atoms with E-state index in [1.807, 2.05) is 0 Å². The molecule has 0 N–H and O–H groups in total. The third kappa shape index (κ3) is 1.96. The minimum atomic E-state index is -0.763. The molecule has 96 valence electrons. The van der Waals surface area contributed by atoms with E-state index in [0.717, 1.165) is 4.52 Å². The molecule has 0 saturated carbocycles. The molecule has 0 aliphatic rings. The van der Waals surface area contributed by atoms with Crippen molar-refractivity contribution in [1.29, 1.82) is 0 Å². The number of carbonyl (C=O) groups is 1. The Labute approximate surface area is 106 Å². The molecule has 0 amide bonds. The Morgan fingerprint density at radius 3 is 2.78 bits per heavy atom. The lowest BCUT2D eigenvalue weighted by Crippen LogP contribution is -2.29. The van der Waals surface area contributed by atoms with Gasteiger partial charge in [0.05, 0.1) is 6.61 Å². The third-order valence-corrected chi connectivity index (χ3v) is 2.69. The first-order chi connectivity index (χ1) is 8.58. The van der Waals surface area contributed by atoms with Gasteiger partial charge < -0.3 is 4.74 Å². The summed E-state index contributed by atoms with van der Waals surface area (Å²) in [5.41, 5.74) is -0.932. The Balaban J connectivity index is 2.68. The fourth-order valence-electron chi connectivity index (χ4n) is 1.38. The molecule has 0 aliphatic heterocycles. The quantitative estimate of drug-likeness (QED) is 0.559. The normalized spacial score (nSPS) is 10.8. The summed E-state index contributed by atoms with van der Waals surface area (Å²) in [5, 5.41) is 8.28. The van der Waals surface area contributed by atoms with Gasteiger partial charge in [0.2, 0.25) is 10.9 Å². The van der Waals surface area contributed by atoms with Gasteiger partial charge >= 0.3 is 11.5 Å². The Hall–Kier alpha value is -1.90. The monoisotopic (exact) mass is 269 g/mol. The second kappa shape index (κ2) is 4.77. The lowest BCUT2D eigenvalue weighted by molar-refractivity contribution is 0.0514. The summed E-state index contributed by atoms with van der Waals surface area (Å²) in [7, 11) is 1.58. The molecule has 0 unspecified atom stereocenters. The summed E-state index contributed by atoms with van der Waals surface area (Å²) in [6, 6.07) is 0. The van der Waals surface area contributed by atoms with Crippen molar-refractivity contribution >= 4 is 23.5 Å². The number of rotatable bonds is 3. The van der Waals surface area contributed by atoms with E-state index in [9.17, 15) is 9.59 Å². The molecular weight excluding hydrogens is 258 g/mol. The molecule has 2 heterocycles. The van der Waals surface area contributed by atoms with Crippen LogP contribution in [0, 0.1) is 0 Å². The van der Waals surface area contributed by atoms with Crippen LogP contribution in [0.25, 0.3) is 5.78 Å². The average molecular weight is 269 g/mol. The molecular formula is C9H11N5O3S. The molecule has 2 aromatic rings. The molecule has 0 fully saturated rings. The summed E-state index contributed by atoms with van der Waals surface area (Å²) in [5.74, 6) is -0.487. The van der Waals surface area contributed by atoms with E-state index in [4.69, 9.17) is 4.74 Å². The van der Waals surface area contributed by atoms with E-state index >= 15 is 0 Å². The number of carbonyl (C=O) groups excluding carboxylic acids is 1. The molecule has 0 atom stereocenters. The number of aryl methyl sites for hydroxylation is 1. The van der Waals surface area contributed by atoms with E-state index < -0.39 is 11.5 Å². The van der Waals surface area contributed by atoms with Gasteiger partial charge in [-0.1, -0.05) is 11.8 Å². The zero-order valence-corrected chi connectivity index (χ0v) is 10.9. The smallest absolute Gasteiger partial charge is 0.364 e. The van der Waals surface area contributed by atoms with Crippen LogP contribution in [0.2, 0.25) is 0 Å². The maximum absolute atomic E-state index is 12.0. The Morgan fingerprint density at radius 1 is 1.44 bits per heavy atom. The van der Waals surface area contributed by atoms with Gasteiger partial charge in [0, 0.05) is 7.05 Å². The number of nitrogens with zero attached hydrogens (tertiary/aromatic N) is 5. The molecule has 0 radical (unpaired) electrons. The Morgan fingerprint density at radius 2 is 2.17 bits per heavy atom. The van der Waals surface area contributed by atoms with Crippen molar-refractivity contribution in [1.82, 2.24) is 24.4 Å². The van der Waals surface area contributed by atoms with Gasteiger partial charge in [0.15, 0.2) is 0 Å². The number of aromatic nitrogens is 5. The number of esters is 1. The maximum Gasteiger partial charge on any atom is 0.364 e. The zero-order valence-electron chi connectivity index (χ0n) is 10.1. The van der Waals surface area contributed by atoms with Crippen molar-refractivity contribution in [3.63, 3.8) is 0 Å². The predicted molar refractivity (Wildman–Crippen MR) is 63.8 cm³/mol. The molecule has 8 nitrogen and oxygen atoms in total. The topological polar surface area (TPSA) is 91.4 Å². The molecule has 0 bridgehead atoms. The number of ether oxygens (including phenoxy) is 1. The van der Waals surface area contributed by atoms with E-state index in [-0.39, 0.29) is 18.1 Å². The van der Waals surface area contributed by atoms with Crippen LogP contribution in [0.1, 0.15) is 17.4 Å². The standard InChI is InChI=1S/C9H11N5O3S/c1-4-17-7(16)5-6(15)14-9(13(2)11-5)10-8(12-14)18-3/h4H2,1-3H3. The van der Waals surface area contributed by atoms with Crippen molar-refractivity contribution in [2.24, 2.45) is 7.05 Å². The van der Waals surface area contributed by atoms with E-state index in [1.165, 1.54) is 16.4 Å². The van der Waals surface area contributed by atoms with Crippen LogP contribution in [0.3, 0.4) is 0 Å². The maximum atomic E-state index is 12.0. The highest BCUT2D eigenvalue weighted by Crippen LogP contribution is 2.08. The fraction of sp³-hybridized carbons (Fsp3) is 0.444. The van der Waals surface area contributed by atoms with E-state index in [0.29, 0.717) is 5.16 Å². The highest BCUT2D eigenvalue weighted by Gasteiger charge is 2.19. The van der Waals surface area contributed by atoms with Crippen LogP contribution in [-0.4, -0.2) is 43.2 Å². The van der Waals surface area contributed by atoms with Gasteiger partial charge in [0.25, 0.3) is 5.78 Å². The van der Waals surface area contributed by atoms with Crippen molar-refractivity contribution in [2.75, 3.05) is 12.9 Å². The zero-order chi connectivity index (χ0) is 13.3. The average Bonchev–Trinajstić information content (AvgIpc) is 2.79. The molecule has 9 heteroatoms. The molecule has 2 rings (SSSR count). The summed E-state index contributed by atoms with van der Waals surface area (Å²) >= 11 is 1.30. The minimum absolute atomic E-state index is 0.176. The lowest BCUT2D eigenvalue weighted by Gasteiger charge is -2.03. The van der Waals surface area contributed by atoms with Crippen molar-refractivity contribution < 1.29 is 9.53 Å². The van der Waals surface area contributed by atoms with Crippen LogP contribution in [0.5, 0.6) is 0 Å². The van der Waals surface area contributed by atoms with Crippen LogP contribution in [0.4, 0.5) is 0 Å². The second-order valence-corrected chi connectivity index (χ2v) is 4.08. The van der Waals surface area contributed by atoms with Gasteiger partial charge in [-0.2, -0.15) is 14.6 Å². The highest BCUT2D eigenvalue weighted by molar-refractivity contribution is 7.98. The number of fused-ring (bicyclic) bond motifs is 1. The third-order valence-electron chi connectivity index (χ3n) is 2.16. The summed E-state index contributed by atoms with van der Waals surface area (Å²) < 4.78 is 7.13. The van der Waals surface area contributed by atoms with Gasteiger partial charge in [0.1, 0.15) is 0 Å². The van der Waals surface area contributed by atoms with Gasteiger partial charge in [-0.05, 0) is 13.2 Å². The summed E-state index contributed by atoms with van der Waals surface area (Å²) in [4.78, 5) is 27.7. The number of hydrogen-bond acceptors (Lipinski definition) is 7. The van der Waals surface area contributed by atoms with Crippen molar-refractivity contribution in [2.45, 2.75) is 12.1 Å². The van der Waals surface area contributed by atoms with Crippen molar-refractivity contribution in [3.8, 4) is 0 Å². The van der Waals surface area contributed by atoms with Gasteiger partial charge in [-0.25, -0.2) is 9.48 Å². The van der Waals surface area contributed by atoms with Crippen LogP contribution < -0.4 is 5.56 Å². The Bertz CT molecular complexity index is 662. The first-order valence-electron chi connectivity index (χ1n) is 5.13. The lowest BCUT2D eigenvalue weighted by atomic mass is 10.5. The molecule has 2 aromatic heterocycles. The van der Waals surface area contributed by atoms with Gasteiger partial charge in [-0.3, -0.25) is 4.79 Å². The van der Waals surface area contributed by atoms with Crippen molar-refractivity contribution in [3.05, 3.63) is 16.0 Å². The first-order valence-corrected chi connectivity index (χ1v) is 6.36. The number of thioether (sulfide) groups is 1. The van der Waals surface area contributed by atoms with Crippen LogP contribution in [0.15, 0.2) is 9.95 Å². The summed E-state index contributed by atoms with van der Waals surface area (Å²) in [6.45, 7) is 1.83. The van der Waals surface area contributed by atoms with Gasteiger partial charge in [-0.15, -0.1) is 5.10 Å². The molecule has 18 heavy (non-hydrogen) atoms. The largest absolute Gasteiger partial charge is 0.461 e. The fourth-order valence-corrected chi connectivity index (χ4v) is 1.72. The molecule has 0 aliphatic carbocycles. The van der Waals surface area contributed by atoms with E-state index in [1.54, 1.807) is 20.2 Å². The number of hydrogen-bond donors (Lipinski definition) is 0.